The normalized spacial score (nSPS) is 17.6. The molecule has 1 fully saturated rings. The Morgan fingerprint density at radius 2 is 2.19 bits per heavy atom. The van der Waals surface area contributed by atoms with Crippen molar-refractivity contribution in [2.75, 3.05) is 32.1 Å². The molecule has 1 N–H and O–H groups in total. The molecule has 1 amide bonds. The van der Waals surface area contributed by atoms with Crippen LogP contribution in [0.15, 0.2) is 22.7 Å². The number of anilines is 1. The minimum Gasteiger partial charge on any atom is -0.388 e. The predicted molar refractivity (Wildman–Crippen MR) is 98.2 cm³/mol. The van der Waals surface area contributed by atoms with Crippen molar-refractivity contribution >= 4 is 11.6 Å². The summed E-state index contributed by atoms with van der Waals surface area (Å²) in [7, 11) is 1.87. The fourth-order valence-corrected chi connectivity index (χ4v) is 3.10. The van der Waals surface area contributed by atoms with Crippen molar-refractivity contribution in [1.29, 1.82) is 0 Å². The summed E-state index contributed by atoms with van der Waals surface area (Å²) in [4.78, 5) is 19.1. The lowest BCUT2D eigenvalue weighted by molar-refractivity contribution is -0.0259. The Morgan fingerprint density at radius 1 is 1.38 bits per heavy atom. The van der Waals surface area contributed by atoms with Crippen LogP contribution in [0.1, 0.15) is 47.6 Å². The largest absolute Gasteiger partial charge is 0.388 e. The van der Waals surface area contributed by atoms with Gasteiger partial charge in [0.2, 0.25) is 5.76 Å². The van der Waals surface area contributed by atoms with Crippen LogP contribution in [0, 0.1) is 12.8 Å². The summed E-state index contributed by atoms with van der Waals surface area (Å²) in [6.07, 6.45) is 0.542. The highest BCUT2D eigenvalue weighted by Crippen LogP contribution is 2.25. The van der Waals surface area contributed by atoms with Gasteiger partial charge in [-0.05, 0) is 31.4 Å². The second-order valence-corrected chi connectivity index (χ2v) is 7.06. The zero-order valence-electron chi connectivity index (χ0n) is 15.8. The zero-order chi connectivity index (χ0) is 18.7. The van der Waals surface area contributed by atoms with Crippen LogP contribution in [0.2, 0.25) is 0 Å². The molecular formula is C19H26N4O3. The average molecular weight is 358 g/mol. The van der Waals surface area contributed by atoms with E-state index >= 15 is 0 Å². The number of aryl methyl sites for hydroxylation is 1. The summed E-state index contributed by atoms with van der Waals surface area (Å²) in [5, 5.41) is 7.14. The van der Waals surface area contributed by atoms with E-state index in [2.05, 4.69) is 29.3 Å². The zero-order valence-corrected chi connectivity index (χ0v) is 15.8. The third-order valence-electron chi connectivity index (χ3n) is 4.33. The third kappa shape index (κ3) is 4.22. The molecule has 1 saturated heterocycles. The van der Waals surface area contributed by atoms with E-state index in [0.29, 0.717) is 25.6 Å². The fraction of sp³-hybridized carbons (Fsp3) is 0.526. The van der Waals surface area contributed by atoms with E-state index in [-0.39, 0.29) is 17.8 Å². The number of carbonyl (C=O) groups is 1. The van der Waals surface area contributed by atoms with Gasteiger partial charge in [-0.25, -0.2) is 0 Å². The van der Waals surface area contributed by atoms with Crippen LogP contribution in [0.25, 0.3) is 0 Å². The first-order chi connectivity index (χ1) is 12.5. The molecule has 26 heavy (non-hydrogen) atoms. The molecule has 0 spiro atoms. The van der Waals surface area contributed by atoms with Crippen LogP contribution in [-0.2, 0) is 11.2 Å². The third-order valence-corrected chi connectivity index (χ3v) is 4.33. The van der Waals surface area contributed by atoms with E-state index in [1.165, 1.54) is 0 Å². The lowest BCUT2D eigenvalue weighted by atomic mass is 10.1. The highest BCUT2D eigenvalue weighted by Gasteiger charge is 2.29. The van der Waals surface area contributed by atoms with Crippen LogP contribution < -0.4 is 5.32 Å². The molecule has 1 aliphatic heterocycles. The monoisotopic (exact) mass is 358 g/mol. The molecule has 7 nitrogen and oxygen atoms in total. The second-order valence-electron chi connectivity index (χ2n) is 7.06. The molecule has 2 aromatic rings. The maximum absolute atomic E-state index is 12.8. The summed E-state index contributed by atoms with van der Waals surface area (Å²) in [6, 6.07) is 5.68. The number of hydrogen-bond donors (Lipinski definition) is 1. The number of hydrogen-bond acceptors (Lipinski definition) is 6. The Hall–Kier alpha value is -2.41. The highest BCUT2D eigenvalue weighted by molar-refractivity contribution is 5.91. The Balaban J connectivity index is 1.72. The topological polar surface area (TPSA) is 80.5 Å². The molecule has 0 saturated carbocycles. The first-order valence-corrected chi connectivity index (χ1v) is 8.99. The van der Waals surface area contributed by atoms with Crippen LogP contribution >= 0.6 is 0 Å². The van der Waals surface area contributed by atoms with Crippen LogP contribution in [0.3, 0.4) is 0 Å². The SMILES string of the molecule is CNc1cc(C)nc(C2CN(C(=O)c3cc(CC(C)C)no3)CCO2)c1. The van der Waals surface area contributed by atoms with E-state index in [1.54, 1.807) is 11.0 Å². The smallest absolute Gasteiger partial charge is 0.292 e. The first kappa shape index (κ1) is 18.4. The number of aromatic nitrogens is 2. The Bertz CT molecular complexity index is 772. The summed E-state index contributed by atoms with van der Waals surface area (Å²) in [6.45, 7) is 7.60. The average Bonchev–Trinajstić information content (AvgIpc) is 3.08. The van der Waals surface area contributed by atoms with Gasteiger partial charge < -0.3 is 19.5 Å². The molecule has 0 aromatic carbocycles. The maximum atomic E-state index is 12.8. The highest BCUT2D eigenvalue weighted by atomic mass is 16.5. The molecule has 1 atom stereocenters. The van der Waals surface area contributed by atoms with Crippen molar-refractivity contribution in [3.05, 3.63) is 41.0 Å². The molecule has 3 heterocycles. The molecular weight excluding hydrogens is 332 g/mol. The van der Waals surface area contributed by atoms with Crippen LogP contribution in [-0.4, -0.2) is 47.7 Å². The molecule has 140 valence electrons. The van der Waals surface area contributed by atoms with Gasteiger partial charge in [0.15, 0.2) is 0 Å². The Morgan fingerprint density at radius 3 is 2.92 bits per heavy atom. The predicted octanol–water partition coefficient (Wildman–Crippen LogP) is 2.83. The summed E-state index contributed by atoms with van der Waals surface area (Å²) < 4.78 is 11.1. The number of pyridine rings is 1. The summed E-state index contributed by atoms with van der Waals surface area (Å²) in [5.74, 6) is 0.598. The number of carbonyl (C=O) groups excluding carboxylic acids is 1. The first-order valence-electron chi connectivity index (χ1n) is 8.99. The van der Waals surface area contributed by atoms with Crippen molar-refractivity contribution in [2.45, 2.75) is 33.3 Å². The van der Waals surface area contributed by atoms with Crippen molar-refractivity contribution in [1.82, 2.24) is 15.0 Å². The van der Waals surface area contributed by atoms with E-state index in [4.69, 9.17) is 9.26 Å². The molecule has 1 aliphatic rings. The van der Waals surface area contributed by atoms with E-state index in [0.717, 1.165) is 29.2 Å². The maximum Gasteiger partial charge on any atom is 0.292 e. The van der Waals surface area contributed by atoms with Crippen LogP contribution in [0.5, 0.6) is 0 Å². The van der Waals surface area contributed by atoms with Gasteiger partial charge >= 0.3 is 0 Å². The van der Waals surface area contributed by atoms with Gasteiger partial charge in [-0.2, -0.15) is 0 Å². The summed E-state index contributed by atoms with van der Waals surface area (Å²) in [5.41, 5.74) is 3.53. The quantitative estimate of drug-likeness (QED) is 0.885. The van der Waals surface area contributed by atoms with Crippen molar-refractivity contribution in [3.8, 4) is 0 Å². The van der Waals surface area contributed by atoms with Gasteiger partial charge in [0, 0.05) is 31.0 Å². The lowest BCUT2D eigenvalue weighted by Crippen LogP contribution is -2.42. The molecule has 7 heteroatoms. The van der Waals surface area contributed by atoms with Gasteiger partial charge in [-0.15, -0.1) is 0 Å². The van der Waals surface area contributed by atoms with Crippen LogP contribution in [0.4, 0.5) is 5.69 Å². The lowest BCUT2D eigenvalue weighted by Gasteiger charge is -2.32. The number of amides is 1. The molecule has 0 aliphatic carbocycles. The van der Waals surface area contributed by atoms with Gasteiger partial charge in [-0.1, -0.05) is 19.0 Å². The second kappa shape index (κ2) is 7.86. The number of rotatable bonds is 5. The minimum absolute atomic E-state index is 0.151. The molecule has 3 rings (SSSR count). The van der Waals surface area contributed by atoms with Gasteiger partial charge in [0.25, 0.3) is 5.91 Å². The van der Waals surface area contributed by atoms with Gasteiger partial charge in [0.1, 0.15) is 6.10 Å². The van der Waals surface area contributed by atoms with Crippen molar-refractivity contribution < 1.29 is 14.1 Å². The minimum atomic E-state index is -0.252. The van der Waals surface area contributed by atoms with E-state index < -0.39 is 0 Å². The van der Waals surface area contributed by atoms with Crippen molar-refractivity contribution in [3.63, 3.8) is 0 Å². The number of nitrogens with zero attached hydrogens (tertiary/aromatic N) is 3. The Kier molecular flexibility index (Phi) is 5.56. The molecule has 0 radical (unpaired) electrons. The standard InChI is InChI=1S/C19H26N4O3/c1-12(2)7-15-10-17(26-22-15)19(24)23-5-6-25-18(11-23)16-9-14(20-4)8-13(3)21-16/h8-10,12,18H,5-7,11H2,1-4H3,(H,20,21). The van der Waals surface area contributed by atoms with Crippen molar-refractivity contribution in [2.24, 2.45) is 5.92 Å². The summed E-state index contributed by atoms with van der Waals surface area (Å²) >= 11 is 0. The van der Waals surface area contributed by atoms with Gasteiger partial charge in [0.05, 0.1) is 24.5 Å². The fourth-order valence-electron chi connectivity index (χ4n) is 3.10. The number of ether oxygens (including phenoxy) is 1. The molecule has 1 unspecified atom stereocenters. The van der Waals surface area contributed by atoms with Gasteiger partial charge in [-0.3, -0.25) is 9.78 Å². The Labute approximate surface area is 153 Å². The molecule has 0 bridgehead atoms. The number of morpholine rings is 1. The molecule has 2 aromatic heterocycles. The van der Waals surface area contributed by atoms with E-state index in [9.17, 15) is 4.79 Å². The van der Waals surface area contributed by atoms with E-state index in [1.807, 2.05) is 26.1 Å². The number of nitrogens with one attached hydrogen (secondary N) is 1.